The molecule has 8 heteroatoms. The molecule has 2 aromatic rings. The first-order valence-corrected chi connectivity index (χ1v) is 11.8. The van der Waals surface area contributed by atoms with Crippen LogP contribution in [0.4, 0.5) is 4.39 Å². The van der Waals surface area contributed by atoms with Gasteiger partial charge in [-0.25, -0.2) is 12.8 Å². The highest BCUT2D eigenvalue weighted by atomic mass is 32.2. The Morgan fingerprint density at radius 3 is 2.40 bits per heavy atom. The summed E-state index contributed by atoms with van der Waals surface area (Å²) in [6.45, 7) is 1.04. The molecule has 1 aliphatic heterocycles. The Hall–Kier alpha value is -2.45. The van der Waals surface area contributed by atoms with Crippen molar-refractivity contribution in [1.82, 2.24) is 10.2 Å². The van der Waals surface area contributed by atoms with E-state index >= 15 is 0 Å². The van der Waals surface area contributed by atoms with E-state index < -0.39 is 9.84 Å². The smallest absolute Gasteiger partial charge is 0.234 e. The van der Waals surface area contributed by atoms with Crippen LogP contribution in [0.1, 0.15) is 17.5 Å². The van der Waals surface area contributed by atoms with Crippen LogP contribution in [0.2, 0.25) is 0 Å². The van der Waals surface area contributed by atoms with E-state index in [2.05, 4.69) is 5.32 Å². The summed E-state index contributed by atoms with van der Waals surface area (Å²) in [6.07, 6.45) is 1.13. The SMILES string of the molecule is COc1ccc(CN(CC(=O)NCCc2ccc(F)cc2)C2CCS(=O)(=O)C2)cc1. The van der Waals surface area contributed by atoms with Crippen LogP contribution in [-0.2, 0) is 27.6 Å². The van der Waals surface area contributed by atoms with Gasteiger partial charge in [-0.3, -0.25) is 9.69 Å². The van der Waals surface area contributed by atoms with Crippen LogP contribution in [0.5, 0.6) is 5.75 Å². The van der Waals surface area contributed by atoms with E-state index in [1.165, 1.54) is 12.1 Å². The molecule has 1 amide bonds. The number of rotatable bonds is 9. The van der Waals surface area contributed by atoms with Crippen molar-refractivity contribution in [1.29, 1.82) is 0 Å². The van der Waals surface area contributed by atoms with E-state index in [0.717, 1.165) is 16.9 Å². The number of methoxy groups -OCH3 is 1. The fraction of sp³-hybridized carbons (Fsp3) is 0.409. The average molecular weight is 435 g/mol. The normalized spacial score (nSPS) is 17.8. The lowest BCUT2D eigenvalue weighted by molar-refractivity contribution is -0.122. The molecule has 1 unspecified atom stereocenters. The number of hydrogen-bond acceptors (Lipinski definition) is 5. The monoisotopic (exact) mass is 434 g/mol. The Morgan fingerprint density at radius 1 is 1.13 bits per heavy atom. The summed E-state index contributed by atoms with van der Waals surface area (Å²) in [5, 5.41) is 2.88. The minimum Gasteiger partial charge on any atom is -0.497 e. The van der Waals surface area contributed by atoms with Crippen molar-refractivity contribution in [2.75, 3.05) is 31.7 Å². The van der Waals surface area contributed by atoms with Crippen molar-refractivity contribution >= 4 is 15.7 Å². The molecule has 1 atom stereocenters. The topological polar surface area (TPSA) is 75.7 Å². The van der Waals surface area contributed by atoms with Crippen LogP contribution >= 0.6 is 0 Å². The van der Waals surface area contributed by atoms with Crippen molar-refractivity contribution < 1.29 is 22.3 Å². The summed E-state index contributed by atoms with van der Waals surface area (Å²) in [6, 6.07) is 13.5. The molecule has 6 nitrogen and oxygen atoms in total. The predicted octanol–water partition coefficient (Wildman–Crippen LogP) is 2.18. The molecule has 30 heavy (non-hydrogen) atoms. The van der Waals surface area contributed by atoms with Gasteiger partial charge in [-0.15, -0.1) is 0 Å². The second-order valence-electron chi connectivity index (χ2n) is 7.54. The lowest BCUT2D eigenvalue weighted by atomic mass is 10.1. The first-order valence-electron chi connectivity index (χ1n) is 9.93. The third-order valence-electron chi connectivity index (χ3n) is 5.27. The summed E-state index contributed by atoms with van der Waals surface area (Å²) >= 11 is 0. The van der Waals surface area contributed by atoms with E-state index in [9.17, 15) is 17.6 Å². The van der Waals surface area contributed by atoms with Gasteiger partial charge in [0.25, 0.3) is 0 Å². The summed E-state index contributed by atoms with van der Waals surface area (Å²) < 4.78 is 42.1. The predicted molar refractivity (Wildman–Crippen MR) is 114 cm³/mol. The highest BCUT2D eigenvalue weighted by molar-refractivity contribution is 7.91. The molecule has 0 bridgehead atoms. The maximum atomic E-state index is 13.0. The van der Waals surface area contributed by atoms with Crippen LogP contribution in [-0.4, -0.2) is 57.0 Å². The van der Waals surface area contributed by atoms with Crippen LogP contribution in [0.15, 0.2) is 48.5 Å². The van der Waals surface area contributed by atoms with Crippen molar-refractivity contribution in [2.45, 2.75) is 25.4 Å². The fourth-order valence-electron chi connectivity index (χ4n) is 3.58. The Kier molecular flexibility index (Phi) is 7.44. The number of amides is 1. The standard InChI is InChI=1S/C22H27FN2O4S/c1-29-21-8-4-18(5-9-21)14-25(20-11-13-30(27,28)16-20)15-22(26)24-12-10-17-2-6-19(23)7-3-17/h2-9,20H,10-16H2,1H3,(H,24,26). The number of nitrogens with zero attached hydrogens (tertiary/aromatic N) is 1. The molecule has 1 heterocycles. The lowest BCUT2D eigenvalue weighted by Gasteiger charge is -2.27. The number of nitrogens with one attached hydrogen (secondary N) is 1. The highest BCUT2D eigenvalue weighted by Gasteiger charge is 2.33. The van der Waals surface area contributed by atoms with E-state index in [1.807, 2.05) is 29.2 Å². The maximum Gasteiger partial charge on any atom is 0.234 e. The number of sulfone groups is 1. The quantitative estimate of drug-likeness (QED) is 0.655. The third kappa shape index (κ3) is 6.53. The zero-order chi connectivity index (χ0) is 21.6. The second kappa shape index (κ2) is 10.0. The van der Waals surface area contributed by atoms with Gasteiger partial charge in [-0.2, -0.15) is 0 Å². The van der Waals surface area contributed by atoms with Crippen molar-refractivity contribution in [2.24, 2.45) is 0 Å². The van der Waals surface area contributed by atoms with E-state index in [0.29, 0.717) is 25.9 Å². The second-order valence-corrected chi connectivity index (χ2v) is 9.77. The number of ether oxygens (including phenoxy) is 1. The van der Waals surface area contributed by atoms with Gasteiger partial charge in [0.2, 0.25) is 5.91 Å². The highest BCUT2D eigenvalue weighted by Crippen LogP contribution is 2.21. The van der Waals surface area contributed by atoms with Crippen LogP contribution in [0.3, 0.4) is 0 Å². The fourth-order valence-corrected chi connectivity index (χ4v) is 5.34. The van der Waals surface area contributed by atoms with Gasteiger partial charge in [0.05, 0.1) is 25.2 Å². The zero-order valence-corrected chi connectivity index (χ0v) is 17.8. The Labute approximate surface area is 177 Å². The van der Waals surface area contributed by atoms with Crippen LogP contribution in [0.25, 0.3) is 0 Å². The molecular weight excluding hydrogens is 407 g/mol. The minimum atomic E-state index is -3.06. The Bertz CT molecular complexity index is 946. The summed E-state index contributed by atoms with van der Waals surface area (Å²) in [5.41, 5.74) is 1.92. The summed E-state index contributed by atoms with van der Waals surface area (Å²) in [7, 11) is -1.46. The van der Waals surface area contributed by atoms with Crippen LogP contribution in [0, 0.1) is 5.82 Å². The van der Waals surface area contributed by atoms with Crippen LogP contribution < -0.4 is 10.1 Å². The van der Waals surface area contributed by atoms with Gasteiger partial charge in [-0.05, 0) is 48.2 Å². The zero-order valence-electron chi connectivity index (χ0n) is 17.0. The Balaban J connectivity index is 1.59. The van der Waals surface area contributed by atoms with Gasteiger partial charge in [-0.1, -0.05) is 24.3 Å². The molecule has 0 saturated carbocycles. The molecule has 0 aliphatic carbocycles. The van der Waals surface area contributed by atoms with Crippen molar-refractivity contribution in [3.8, 4) is 5.75 Å². The molecule has 1 aliphatic rings. The number of hydrogen-bond donors (Lipinski definition) is 1. The summed E-state index contributed by atoms with van der Waals surface area (Å²) in [5.74, 6) is 0.528. The molecule has 0 radical (unpaired) electrons. The van der Waals surface area contributed by atoms with Gasteiger partial charge in [0.15, 0.2) is 9.84 Å². The Morgan fingerprint density at radius 2 is 1.80 bits per heavy atom. The molecule has 1 fully saturated rings. The molecular formula is C22H27FN2O4S. The van der Waals surface area contributed by atoms with Gasteiger partial charge in [0.1, 0.15) is 11.6 Å². The molecule has 1 saturated heterocycles. The van der Waals surface area contributed by atoms with E-state index in [4.69, 9.17) is 4.74 Å². The van der Waals surface area contributed by atoms with Crippen molar-refractivity contribution in [3.63, 3.8) is 0 Å². The molecule has 2 aromatic carbocycles. The number of halogens is 1. The lowest BCUT2D eigenvalue weighted by Crippen LogP contribution is -2.43. The average Bonchev–Trinajstić information content (AvgIpc) is 3.09. The maximum absolute atomic E-state index is 13.0. The minimum absolute atomic E-state index is 0.0754. The largest absolute Gasteiger partial charge is 0.497 e. The molecule has 1 N–H and O–H groups in total. The molecule has 0 aromatic heterocycles. The van der Waals surface area contributed by atoms with E-state index in [1.54, 1.807) is 19.2 Å². The number of carbonyl (C=O) groups excluding carboxylic acids is 1. The number of carbonyl (C=O) groups is 1. The first-order chi connectivity index (χ1) is 14.3. The van der Waals surface area contributed by atoms with Gasteiger partial charge in [0, 0.05) is 19.1 Å². The molecule has 3 rings (SSSR count). The molecule has 162 valence electrons. The van der Waals surface area contributed by atoms with Gasteiger partial charge < -0.3 is 10.1 Å². The number of benzene rings is 2. The van der Waals surface area contributed by atoms with E-state index in [-0.39, 0.29) is 35.8 Å². The summed E-state index contributed by atoms with van der Waals surface area (Å²) in [4.78, 5) is 14.5. The van der Waals surface area contributed by atoms with Gasteiger partial charge >= 0.3 is 0 Å². The first kappa shape index (κ1) is 22.2. The molecule has 0 spiro atoms. The van der Waals surface area contributed by atoms with Crippen molar-refractivity contribution in [3.05, 3.63) is 65.5 Å². The third-order valence-corrected chi connectivity index (χ3v) is 7.02.